The number of hydrogen-bond donors (Lipinski definition) is 2. The van der Waals surface area contributed by atoms with Crippen LogP contribution >= 0.6 is 0 Å². The third-order valence-corrected chi connectivity index (χ3v) is 3.64. The Morgan fingerprint density at radius 1 is 1.47 bits per heavy atom. The van der Waals surface area contributed by atoms with Crippen LogP contribution in [0.1, 0.15) is 32.1 Å². The smallest absolute Gasteiger partial charge is 0.226 e. The molecule has 0 bridgehead atoms. The van der Waals surface area contributed by atoms with Crippen LogP contribution in [0.3, 0.4) is 0 Å². The van der Waals surface area contributed by atoms with Gasteiger partial charge in [0.25, 0.3) is 0 Å². The molecule has 1 aliphatic heterocycles. The Kier molecular flexibility index (Phi) is 3.26. The molecule has 1 unspecified atom stereocenters. The highest BCUT2D eigenvalue weighted by Gasteiger charge is 2.36. The number of amides is 1. The van der Waals surface area contributed by atoms with Gasteiger partial charge < -0.3 is 15.8 Å². The molecule has 0 aromatic heterocycles. The van der Waals surface area contributed by atoms with Gasteiger partial charge in [-0.3, -0.25) is 4.79 Å². The quantitative estimate of drug-likeness (QED) is 0.712. The summed E-state index contributed by atoms with van der Waals surface area (Å²) < 4.78 is 5.22. The first-order chi connectivity index (χ1) is 7.26. The number of ether oxygens (including phenoxy) is 1. The second-order valence-electron chi connectivity index (χ2n) is 4.74. The molecular formula is C11H20N2O2. The van der Waals surface area contributed by atoms with Crippen molar-refractivity contribution in [1.82, 2.24) is 5.32 Å². The zero-order chi connectivity index (χ0) is 10.7. The van der Waals surface area contributed by atoms with Crippen molar-refractivity contribution < 1.29 is 9.53 Å². The van der Waals surface area contributed by atoms with Crippen LogP contribution in [0.25, 0.3) is 0 Å². The van der Waals surface area contributed by atoms with Crippen molar-refractivity contribution >= 4 is 5.91 Å². The maximum atomic E-state index is 11.9. The van der Waals surface area contributed by atoms with Gasteiger partial charge in [0.2, 0.25) is 5.91 Å². The minimum atomic E-state index is -0.111. The van der Waals surface area contributed by atoms with Gasteiger partial charge in [-0.15, -0.1) is 0 Å². The first-order valence-electron chi connectivity index (χ1n) is 5.86. The van der Waals surface area contributed by atoms with E-state index in [4.69, 9.17) is 10.5 Å². The summed E-state index contributed by atoms with van der Waals surface area (Å²) in [5.41, 5.74) is 5.66. The Morgan fingerprint density at radius 2 is 2.20 bits per heavy atom. The SMILES string of the molecule is NCC1(NC(=O)C2CCOC2)CCCC1. The third-order valence-electron chi connectivity index (χ3n) is 3.64. The van der Waals surface area contributed by atoms with Crippen molar-refractivity contribution in [1.29, 1.82) is 0 Å². The summed E-state index contributed by atoms with van der Waals surface area (Å²) in [6, 6.07) is 0. The van der Waals surface area contributed by atoms with Crippen LogP contribution in [0.5, 0.6) is 0 Å². The molecule has 4 nitrogen and oxygen atoms in total. The highest BCUT2D eigenvalue weighted by Crippen LogP contribution is 2.29. The summed E-state index contributed by atoms with van der Waals surface area (Å²) in [7, 11) is 0. The molecule has 2 rings (SSSR count). The number of hydrogen-bond acceptors (Lipinski definition) is 3. The normalized spacial score (nSPS) is 29.3. The second-order valence-corrected chi connectivity index (χ2v) is 4.74. The van der Waals surface area contributed by atoms with Gasteiger partial charge in [-0.1, -0.05) is 12.8 Å². The number of nitrogens with one attached hydrogen (secondary N) is 1. The molecule has 2 aliphatic rings. The van der Waals surface area contributed by atoms with Crippen molar-refractivity contribution in [2.24, 2.45) is 11.7 Å². The van der Waals surface area contributed by atoms with E-state index in [1.807, 2.05) is 0 Å². The Hall–Kier alpha value is -0.610. The number of rotatable bonds is 3. The lowest BCUT2D eigenvalue weighted by Crippen LogP contribution is -2.53. The topological polar surface area (TPSA) is 64.3 Å². The van der Waals surface area contributed by atoms with Gasteiger partial charge in [0.15, 0.2) is 0 Å². The summed E-state index contributed by atoms with van der Waals surface area (Å²) >= 11 is 0. The first-order valence-corrected chi connectivity index (χ1v) is 5.86. The molecule has 2 fully saturated rings. The van der Waals surface area contributed by atoms with Crippen LogP contribution in [-0.4, -0.2) is 31.2 Å². The van der Waals surface area contributed by atoms with E-state index in [0.29, 0.717) is 19.8 Å². The molecule has 1 atom stereocenters. The molecule has 4 heteroatoms. The molecule has 1 saturated carbocycles. The minimum absolute atomic E-state index is 0.0500. The third kappa shape index (κ3) is 2.32. The molecule has 1 saturated heterocycles. The van der Waals surface area contributed by atoms with Crippen LogP contribution in [0.15, 0.2) is 0 Å². The first kappa shape index (κ1) is 10.9. The van der Waals surface area contributed by atoms with Gasteiger partial charge in [-0.2, -0.15) is 0 Å². The molecule has 1 aliphatic carbocycles. The maximum Gasteiger partial charge on any atom is 0.226 e. The largest absolute Gasteiger partial charge is 0.381 e. The predicted molar refractivity (Wildman–Crippen MR) is 57.3 cm³/mol. The number of carbonyl (C=O) groups excluding carboxylic acids is 1. The molecule has 86 valence electrons. The standard InChI is InChI=1S/C11H20N2O2/c12-8-11(4-1-2-5-11)13-10(14)9-3-6-15-7-9/h9H,1-8,12H2,(H,13,14). The van der Waals surface area contributed by atoms with Gasteiger partial charge >= 0.3 is 0 Å². The maximum absolute atomic E-state index is 11.9. The molecule has 0 radical (unpaired) electrons. The molecule has 15 heavy (non-hydrogen) atoms. The van der Waals surface area contributed by atoms with Crippen molar-refractivity contribution in [3.05, 3.63) is 0 Å². The monoisotopic (exact) mass is 212 g/mol. The van der Waals surface area contributed by atoms with Gasteiger partial charge in [-0.25, -0.2) is 0 Å². The summed E-state index contributed by atoms with van der Waals surface area (Å²) in [6.07, 6.45) is 5.27. The fraction of sp³-hybridized carbons (Fsp3) is 0.909. The molecule has 0 spiro atoms. The summed E-state index contributed by atoms with van der Waals surface area (Å²) in [4.78, 5) is 11.9. The Bertz CT molecular complexity index is 231. The molecule has 0 aromatic rings. The lowest BCUT2D eigenvalue weighted by atomic mass is 9.96. The van der Waals surface area contributed by atoms with E-state index in [2.05, 4.69) is 5.32 Å². The van der Waals surface area contributed by atoms with Crippen LogP contribution < -0.4 is 11.1 Å². The van der Waals surface area contributed by atoms with Crippen LogP contribution in [0.4, 0.5) is 0 Å². The van der Waals surface area contributed by atoms with Crippen molar-refractivity contribution in [3.63, 3.8) is 0 Å². The van der Waals surface area contributed by atoms with E-state index in [1.165, 1.54) is 12.8 Å². The average Bonchev–Trinajstić information content (AvgIpc) is 2.88. The van der Waals surface area contributed by atoms with Gasteiger partial charge in [-0.05, 0) is 19.3 Å². The zero-order valence-electron chi connectivity index (χ0n) is 9.13. The number of nitrogens with two attached hydrogens (primary N) is 1. The zero-order valence-corrected chi connectivity index (χ0v) is 9.13. The lowest BCUT2D eigenvalue weighted by molar-refractivity contribution is -0.126. The van der Waals surface area contributed by atoms with Crippen LogP contribution in [-0.2, 0) is 9.53 Å². The predicted octanol–water partition coefficient (Wildman–Crippen LogP) is 0.411. The van der Waals surface area contributed by atoms with E-state index in [0.717, 1.165) is 19.3 Å². The molecule has 0 aromatic carbocycles. The molecule has 1 amide bonds. The van der Waals surface area contributed by atoms with Crippen molar-refractivity contribution in [2.45, 2.75) is 37.6 Å². The van der Waals surface area contributed by atoms with Gasteiger partial charge in [0.1, 0.15) is 0 Å². The number of carbonyl (C=O) groups is 1. The van der Waals surface area contributed by atoms with E-state index >= 15 is 0 Å². The summed E-state index contributed by atoms with van der Waals surface area (Å²) in [5.74, 6) is 0.189. The van der Waals surface area contributed by atoms with Gasteiger partial charge in [0, 0.05) is 13.2 Å². The van der Waals surface area contributed by atoms with Gasteiger partial charge in [0.05, 0.1) is 18.1 Å². The Labute approximate surface area is 90.5 Å². The highest BCUT2D eigenvalue weighted by atomic mass is 16.5. The highest BCUT2D eigenvalue weighted by molar-refractivity contribution is 5.79. The Balaban J connectivity index is 1.91. The van der Waals surface area contributed by atoms with Crippen LogP contribution in [0.2, 0.25) is 0 Å². The van der Waals surface area contributed by atoms with Crippen molar-refractivity contribution in [2.75, 3.05) is 19.8 Å². The minimum Gasteiger partial charge on any atom is -0.381 e. The molecule has 1 heterocycles. The van der Waals surface area contributed by atoms with E-state index in [-0.39, 0.29) is 17.4 Å². The Morgan fingerprint density at radius 3 is 2.73 bits per heavy atom. The average molecular weight is 212 g/mol. The van der Waals surface area contributed by atoms with E-state index in [1.54, 1.807) is 0 Å². The van der Waals surface area contributed by atoms with Crippen LogP contribution in [0, 0.1) is 5.92 Å². The van der Waals surface area contributed by atoms with E-state index in [9.17, 15) is 4.79 Å². The molecular weight excluding hydrogens is 192 g/mol. The fourth-order valence-corrected chi connectivity index (χ4v) is 2.54. The second kappa shape index (κ2) is 4.49. The summed E-state index contributed by atoms with van der Waals surface area (Å²) in [6.45, 7) is 1.85. The molecule has 3 N–H and O–H groups in total. The summed E-state index contributed by atoms with van der Waals surface area (Å²) in [5, 5.41) is 3.14. The lowest BCUT2D eigenvalue weighted by Gasteiger charge is -2.29. The van der Waals surface area contributed by atoms with Crippen molar-refractivity contribution in [3.8, 4) is 0 Å². The van der Waals surface area contributed by atoms with E-state index < -0.39 is 0 Å². The fourth-order valence-electron chi connectivity index (χ4n) is 2.54.